The van der Waals surface area contributed by atoms with Gasteiger partial charge in [-0.2, -0.15) is 5.26 Å². The highest BCUT2D eigenvalue weighted by Gasteiger charge is 2.24. The molecule has 1 fully saturated rings. The van der Waals surface area contributed by atoms with E-state index in [4.69, 9.17) is 10.00 Å². The fraction of sp³-hybridized carbons (Fsp3) is 0.909. The summed E-state index contributed by atoms with van der Waals surface area (Å²) in [5.74, 6) is 0.576. The predicted molar refractivity (Wildman–Crippen MR) is 55.8 cm³/mol. The normalized spacial score (nSPS) is 18.1. The molecule has 3 heteroatoms. The second-order valence-electron chi connectivity index (χ2n) is 4.38. The zero-order chi connectivity index (χ0) is 10.4. The molecule has 1 aliphatic rings. The van der Waals surface area contributed by atoms with Crippen molar-refractivity contribution in [3.05, 3.63) is 0 Å². The Balaban J connectivity index is 1.99. The van der Waals surface area contributed by atoms with Gasteiger partial charge in [0, 0.05) is 19.3 Å². The molecule has 0 radical (unpaired) electrons. The third-order valence-corrected chi connectivity index (χ3v) is 2.17. The molecule has 0 aromatic rings. The summed E-state index contributed by atoms with van der Waals surface area (Å²) in [6.07, 6.45) is 3.26. The lowest BCUT2D eigenvalue weighted by atomic mass is 10.2. The molecule has 1 saturated carbocycles. The van der Waals surface area contributed by atoms with E-state index in [1.807, 2.05) is 0 Å². The average molecular weight is 196 g/mol. The number of ether oxygens (including phenoxy) is 1. The molecule has 3 nitrogen and oxygen atoms in total. The number of nitriles is 1. The first kappa shape index (κ1) is 11.5. The predicted octanol–water partition coefficient (Wildman–Crippen LogP) is 1.69. The Labute approximate surface area is 86.4 Å². The number of nitrogens with zero attached hydrogens (tertiary/aromatic N) is 1. The van der Waals surface area contributed by atoms with Crippen LogP contribution in [0.15, 0.2) is 0 Å². The minimum atomic E-state index is -0.0188. The molecule has 14 heavy (non-hydrogen) atoms. The zero-order valence-corrected chi connectivity index (χ0v) is 9.12. The van der Waals surface area contributed by atoms with E-state index in [-0.39, 0.29) is 6.04 Å². The number of rotatable bonds is 7. The van der Waals surface area contributed by atoms with Crippen LogP contribution in [0.4, 0.5) is 0 Å². The van der Waals surface area contributed by atoms with Gasteiger partial charge < -0.3 is 4.74 Å². The summed E-state index contributed by atoms with van der Waals surface area (Å²) >= 11 is 0. The fourth-order valence-corrected chi connectivity index (χ4v) is 1.24. The lowest BCUT2D eigenvalue weighted by Crippen LogP contribution is -2.30. The minimum Gasteiger partial charge on any atom is -0.381 e. The van der Waals surface area contributed by atoms with E-state index >= 15 is 0 Å². The second-order valence-corrected chi connectivity index (χ2v) is 4.38. The number of hydrogen-bond acceptors (Lipinski definition) is 3. The van der Waals surface area contributed by atoms with E-state index in [9.17, 15) is 0 Å². The largest absolute Gasteiger partial charge is 0.381 e. The summed E-state index contributed by atoms with van der Waals surface area (Å²) in [4.78, 5) is 0. The van der Waals surface area contributed by atoms with Crippen molar-refractivity contribution < 1.29 is 4.74 Å². The van der Waals surface area contributed by atoms with Crippen molar-refractivity contribution in [1.29, 1.82) is 5.26 Å². The molecular formula is C11H20N2O. The molecule has 0 amide bonds. The lowest BCUT2D eigenvalue weighted by molar-refractivity contribution is 0.104. The minimum absolute atomic E-state index is 0.0188. The lowest BCUT2D eigenvalue weighted by Gasteiger charge is -2.11. The molecule has 0 aromatic carbocycles. The molecule has 0 saturated heterocycles. The molecular weight excluding hydrogens is 176 g/mol. The second kappa shape index (κ2) is 6.00. The molecule has 1 aliphatic carbocycles. The third-order valence-electron chi connectivity index (χ3n) is 2.17. The van der Waals surface area contributed by atoms with Crippen LogP contribution in [0.25, 0.3) is 0 Å². The maximum absolute atomic E-state index is 8.84. The molecule has 1 N–H and O–H groups in total. The van der Waals surface area contributed by atoms with Gasteiger partial charge in [0.1, 0.15) is 0 Å². The summed E-state index contributed by atoms with van der Waals surface area (Å²) in [6.45, 7) is 5.74. The van der Waals surface area contributed by atoms with E-state index in [0.29, 0.717) is 18.6 Å². The van der Waals surface area contributed by atoms with Crippen LogP contribution in [-0.2, 0) is 4.74 Å². The highest BCUT2D eigenvalue weighted by molar-refractivity contribution is 4.95. The number of nitrogens with one attached hydrogen (secondary N) is 1. The van der Waals surface area contributed by atoms with E-state index < -0.39 is 0 Å². The Kier molecular flexibility index (Phi) is 4.92. The van der Waals surface area contributed by atoms with E-state index in [1.165, 1.54) is 12.8 Å². The highest BCUT2D eigenvalue weighted by atomic mass is 16.5. The van der Waals surface area contributed by atoms with E-state index in [1.54, 1.807) is 0 Å². The SMILES string of the molecule is CC(C)COCCC(C#N)NC1CC1. The molecule has 80 valence electrons. The van der Waals surface area contributed by atoms with Crippen LogP contribution in [0.5, 0.6) is 0 Å². The molecule has 1 rings (SSSR count). The quantitative estimate of drug-likeness (QED) is 0.630. The highest BCUT2D eigenvalue weighted by Crippen LogP contribution is 2.19. The van der Waals surface area contributed by atoms with Crippen molar-refractivity contribution in [1.82, 2.24) is 5.32 Å². The van der Waals surface area contributed by atoms with Gasteiger partial charge in [-0.15, -0.1) is 0 Å². The summed E-state index contributed by atoms with van der Waals surface area (Å²) < 4.78 is 5.44. The van der Waals surface area contributed by atoms with Crippen LogP contribution in [0.1, 0.15) is 33.1 Å². The van der Waals surface area contributed by atoms with Gasteiger partial charge in [0.15, 0.2) is 0 Å². The topological polar surface area (TPSA) is 45.0 Å². The Bertz CT molecular complexity index is 194. The molecule has 0 heterocycles. The first-order chi connectivity index (χ1) is 6.72. The van der Waals surface area contributed by atoms with Crippen LogP contribution in [0.2, 0.25) is 0 Å². The van der Waals surface area contributed by atoms with Gasteiger partial charge in [0.05, 0.1) is 12.1 Å². The first-order valence-electron chi connectivity index (χ1n) is 5.45. The van der Waals surface area contributed by atoms with E-state index in [2.05, 4.69) is 25.2 Å². The van der Waals surface area contributed by atoms with Gasteiger partial charge in [0.25, 0.3) is 0 Å². The maximum Gasteiger partial charge on any atom is 0.0977 e. The van der Waals surface area contributed by atoms with Gasteiger partial charge in [-0.05, 0) is 25.2 Å². The number of hydrogen-bond donors (Lipinski definition) is 1. The Morgan fingerprint density at radius 2 is 2.21 bits per heavy atom. The maximum atomic E-state index is 8.84. The molecule has 0 spiro atoms. The van der Waals surface area contributed by atoms with Crippen molar-refractivity contribution in [2.45, 2.75) is 45.2 Å². The molecule has 0 bridgehead atoms. The fourth-order valence-electron chi connectivity index (χ4n) is 1.24. The summed E-state index contributed by atoms with van der Waals surface area (Å²) in [5.41, 5.74) is 0. The van der Waals surface area contributed by atoms with Gasteiger partial charge in [-0.25, -0.2) is 0 Å². The molecule has 0 aliphatic heterocycles. The third kappa shape index (κ3) is 5.21. The smallest absolute Gasteiger partial charge is 0.0977 e. The summed E-state index contributed by atoms with van der Waals surface area (Å²) in [7, 11) is 0. The molecule has 1 atom stereocenters. The summed E-state index contributed by atoms with van der Waals surface area (Å²) in [5, 5.41) is 12.1. The van der Waals surface area contributed by atoms with Crippen LogP contribution in [0.3, 0.4) is 0 Å². The van der Waals surface area contributed by atoms with Crippen molar-refractivity contribution in [3.63, 3.8) is 0 Å². The van der Waals surface area contributed by atoms with Gasteiger partial charge in [-0.1, -0.05) is 13.8 Å². The zero-order valence-electron chi connectivity index (χ0n) is 9.12. The van der Waals surface area contributed by atoms with Gasteiger partial charge in [0.2, 0.25) is 0 Å². The molecule has 0 aromatic heterocycles. The van der Waals surface area contributed by atoms with Crippen molar-refractivity contribution >= 4 is 0 Å². The van der Waals surface area contributed by atoms with Crippen LogP contribution < -0.4 is 5.32 Å². The van der Waals surface area contributed by atoms with Gasteiger partial charge in [-0.3, -0.25) is 5.32 Å². The van der Waals surface area contributed by atoms with Crippen molar-refractivity contribution in [3.8, 4) is 6.07 Å². The molecule has 1 unspecified atom stereocenters. The standard InChI is InChI=1S/C11H20N2O/c1-9(2)8-14-6-5-11(7-12)13-10-3-4-10/h9-11,13H,3-6,8H2,1-2H3. The van der Waals surface area contributed by atoms with Crippen LogP contribution >= 0.6 is 0 Å². The van der Waals surface area contributed by atoms with Gasteiger partial charge >= 0.3 is 0 Å². The Hall–Kier alpha value is -0.590. The van der Waals surface area contributed by atoms with Crippen LogP contribution in [-0.4, -0.2) is 25.3 Å². The van der Waals surface area contributed by atoms with Crippen LogP contribution in [0, 0.1) is 17.2 Å². The Morgan fingerprint density at radius 1 is 1.50 bits per heavy atom. The Morgan fingerprint density at radius 3 is 2.71 bits per heavy atom. The van der Waals surface area contributed by atoms with Crippen molar-refractivity contribution in [2.24, 2.45) is 5.92 Å². The summed E-state index contributed by atoms with van der Waals surface area (Å²) in [6, 6.07) is 2.85. The first-order valence-corrected chi connectivity index (χ1v) is 5.45. The average Bonchev–Trinajstić information content (AvgIpc) is 2.93. The monoisotopic (exact) mass is 196 g/mol. The van der Waals surface area contributed by atoms with E-state index in [0.717, 1.165) is 13.0 Å². The van der Waals surface area contributed by atoms with Crippen molar-refractivity contribution in [2.75, 3.05) is 13.2 Å².